The molecule has 20 heavy (non-hydrogen) atoms. The van der Waals surface area contributed by atoms with Gasteiger partial charge < -0.3 is 10.2 Å². The number of nitrogens with zero attached hydrogens (tertiary/aromatic N) is 3. The van der Waals surface area contributed by atoms with Gasteiger partial charge in [-0.1, -0.05) is 20.8 Å². The molecule has 1 saturated carbocycles. The van der Waals surface area contributed by atoms with Gasteiger partial charge in [0, 0.05) is 30.9 Å². The van der Waals surface area contributed by atoms with Crippen LogP contribution < -0.4 is 10.2 Å². The van der Waals surface area contributed by atoms with Gasteiger partial charge in [0.2, 0.25) is 5.95 Å². The first-order valence-electron chi connectivity index (χ1n) is 7.96. The molecule has 0 aromatic carbocycles. The summed E-state index contributed by atoms with van der Waals surface area (Å²) in [5, 5.41) is 3.31. The molecule has 0 saturated heterocycles. The van der Waals surface area contributed by atoms with Crippen LogP contribution in [0.4, 0.5) is 11.8 Å². The quantitative estimate of drug-likeness (QED) is 0.787. The van der Waals surface area contributed by atoms with Crippen molar-refractivity contribution in [1.82, 2.24) is 9.97 Å². The Bertz CT molecular complexity index is 426. The van der Waals surface area contributed by atoms with Crippen molar-refractivity contribution >= 4 is 11.8 Å². The third kappa shape index (κ3) is 4.36. The third-order valence-corrected chi connectivity index (χ3v) is 3.60. The lowest BCUT2D eigenvalue weighted by atomic mass is 10.1. The van der Waals surface area contributed by atoms with Gasteiger partial charge >= 0.3 is 0 Å². The highest BCUT2D eigenvalue weighted by Gasteiger charge is 2.30. The molecule has 0 bridgehead atoms. The molecule has 2 rings (SSSR count). The molecule has 0 atom stereocenters. The standard InChI is InChI=1S/C16H28N4/c1-5-9-17-16-18-13(4)11-15(19-16)20(14-6-7-14)10-8-12(2)3/h11-12,14H,5-10H2,1-4H3,(H,17,18,19). The maximum absolute atomic E-state index is 4.71. The summed E-state index contributed by atoms with van der Waals surface area (Å²) in [5.74, 6) is 2.60. The molecule has 4 nitrogen and oxygen atoms in total. The van der Waals surface area contributed by atoms with Crippen LogP contribution in [0, 0.1) is 12.8 Å². The minimum absolute atomic E-state index is 0.696. The van der Waals surface area contributed by atoms with Gasteiger partial charge in [-0.25, -0.2) is 4.98 Å². The summed E-state index contributed by atoms with van der Waals surface area (Å²) in [6.07, 6.45) is 4.92. The molecule has 0 aliphatic heterocycles. The summed E-state index contributed by atoms with van der Waals surface area (Å²) < 4.78 is 0. The smallest absolute Gasteiger partial charge is 0.224 e. The largest absolute Gasteiger partial charge is 0.354 e. The fraction of sp³-hybridized carbons (Fsp3) is 0.750. The van der Waals surface area contributed by atoms with Crippen molar-refractivity contribution < 1.29 is 0 Å². The number of aromatic nitrogens is 2. The Morgan fingerprint density at radius 1 is 1.35 bits per heavy atom. The first kappa shape index (κ1) is 15.1. The monoisotopic (exact) mass is 276 g/mol. The van der Waals surface area contributed by atoms with E-state index in [2.05, 4.69) is 49.0 Å². The molecule has 0 radical (unpaired) electrons. The zero-order valence-corrected chi connectivity index (χ0v) is 13.3. The lowest BCUT2D eigenvalue weighted by Crippen LogP contribution is -2.29. The van der Waals surface area contributed by atoms with Crippen LogP contribution in [-0.4, -0.2) is 29.1 Å². The molecular formula is C16H28N4. The van der Waals surface area contributed by atoms with Crippen LogP contribution in [-0.2, 0) is 0 Å². The molecule has 1 aromatic rings. The molecule has 1 aliphatic rings. The second-order valence-electron chi connectivity index (χ2n) is 6.22. The first-order chi connectivity index (χ1) is 9.60. The fourth-order valence-electron chi connectivity index (χ4n) is 2.28. The molecule has 4 heteroatoms. The van der Waals surface area contributed by atoms with E-state index in [1.165, 1.54) is 19.3 Å². The highest BCUT2D eigenvalue weighted by Crippen LogP contribution is 2.31. The average molecular weight is 276 g/mol. The normalized spacial score (nSPS) is 14.7. The number of nitrogens with one attached hydrogen (secondary N) is 1. The van der Waals surface area contributed by atoms with E-state index in [0.717, 1.165) is 42.9 Å². The number of rotatable bonds is 8. The van der Waals surface area contributed by atoms with Crippen molar-refractivity contribution in [2.45, 2.75) is 59.4 Å². The van der Waals surface area contributed by atoms with Gasteiger partial charge in [0.15, 0.2) is 0 Å². The first-order valence-corrected chi connectivity index (χ1v) is 7.96. The van der Waals surface area contributed by atoms with Crippen LogP contribution in [0.15, 0.2) is 6.07 Å². The molecule has 0 unspecified atom stereocenters. The van der Waals surface area contributed by atoms with Gasteiger partial charge in [0.1, 0.15) is 5.82 Å². The summed E-state index contributed by atoms with van der Waals surface area (Å²) in [5.41, 5.74) is 1.05. The summed E-state index contributed by atoms with van der Waals surface area (Å²) in [4.78, 5) is 11.7. The van der Waals surface area contributed by atoms with Gasteiger partial charge in [-0.05, 0) is 38.5 Å². The number of hydrogen-bond donors (Lipinski definition) is 1. The summed E-state index contributed by atoms with van der Waals surface area (Å²) in [6, 6.07) is 2.82. The number of anilines is 2. The predicted octanol–water partition coefficient (Wildman–Crippen LogP) is 3.62. The molecule has 0 amide bonds. The lowest BCUT2D eigenvalue weighted by Gasteiger charge is -2.25. The highest BCUT2D eigenvalue weighted by atomic mass is 15.3. The maximum Gasteiger partial charge on any atom is 0.224 e. The molecular weight excluding hydrogens is 248 g/mol. The van der Waals surface area contributed by atoms with Crippen molar-refractivity contribution in [3.05, 3.63) is 11.8 Å². The zero-order valence-electron chi connectivity index (χ0n) is 13.3. The summed E-state index contributed by atoms with van der Waals surface area (Å²) in [6.45, 7) is 10.8. The van der Waals surface area contributed by atoms with Crippen LogP contribution in [0.3, 0.4) is 0 Å². The Kier molecular flexibility index (Phi) is 5.21. The van der Waals surface area contributed by atoms with Crippen molar-refractivity contribution in [1.29, 1.82) is 0 Å². The summed E-state index contributed by atoms with van der Waals surface area (Å²) in [7, 11) is 0. The van der Waals surface area contributed by atoms with Gasteiger partial charge in [0.25, 0.3) is 0 Å². The van der Waals surface area contributed by atoms with E-state index >= 15 is 0 Å². The molecule has 112 valence electrons. The van der Waals surface area contributed by atoms with Crippen molar-refractivity contribution in [3.63, 3.8) is 0 Å². The number of hydrogen-bond acceptors (Lipinski definition) is 4. The Labute approximate surface area is 123 Å². The van der Waals surface area contributed by atoms with Gasteiger partial charge in [-0.15, -0.1) is 0 Å². The Morgan fingerprint density at radius 2 is 2.10 bits per heavy atom. The second-order valence-corrected chi connectivity index (χ2v) is 6.22. The van der Waals surface area contributed by atoms with Gasteiger partial charge in [0.05, 0.1) is 0 Å². The SMILES string of the molecule is CCCNc1nc(C)cc(N(CCC(C)C)C2CC2)n1. The van der Waals surface area contributed by atoms with E-state index in [1.807, 2.05) is 0 Å². The minimum Gasteiger partial charge on any atom is -0.354 e. The van der Waals surface area contributed by atoms with Gasteiger partial charge in [-0.2, -0.15) is 4.98 Å². The van der Waals surface area contributed by atoms with Crippen LogP contribution >= 0.6 is 0 Å². The topological polar surface area (TPSA) is 41.1 Å². The predicted molar refractivity (Wildman–Crippen MR) is 85.4 cm³/mol. The van der Waals surface area contributed by atoms with E-state index in [-0.39, 0.29) is 0 Å². The van der Waals surface area contributed by atoms with E-state index in [9.17, 15) is 0 Å². The molecule has 1 aromatic heterocycles. The molecule has 1 N–H and O–H groups in total. The maximum atomic E-state index is 4.71. The van der Waals surface area contributed by atoms with Crippen LogP contribution in [0.25, 0.3) is 0 Å². The van der Waals surface area contributed by atoms with Crippen molar-refractivity contribution in [2.75, 3.05) is 23.3 Å². The van der Waals surface area contributed by atoms with Crippen LogP contribution in [0.5, 0.6) is 0 Å². The Balaban J connectivity index is 2.12. The second kappa shape index (κ2) is 6.91. The van der Waals surface area contributed by atoms with Crippen LogP contribution in [0.1, 0.15) is 52.1 Å². The lowest BCUT2D eigenvalue weighted by molar-refractivity contribution is 0.568. The Morgan fingerprint density at radius 3 is 2.70 bits per heavy atom. The number of aryl methyl sites for hydroxylation is 1. The third-order valence-electron chi connectivity index (χ3n) is 3.60. The minimum atomic E-state index is 0.696. The van der Waals surface area contributed by atoms with E-state index in [0.29, 0.717) is 6.04 Å². The molecule has 1 heterocycles. The Hall–Kier alpha value is -1.32. The summed E-state index contributed by atoms with van der Waals surface area (Å²) >= 11 is 0. The molecule has 0 spiro atoms. The average Bonchev–Trinajstić information content (AvgIpc) is 3.20. The van der Waals surface area contributed by atoms with E-state index < -0.39 is 0 Å². The van der Waals surface area contributed by atoms with Crippen molar-refractivity contribution in [2.24, 2.45) is 5.92 Å². The molecule has 1 aliphatic carbocycles. The van der Waals surface area contributed by atoms with E-state index in [1.54, 1.807) is 0 Å². The fourth-order valence-corrected chi connectivity index (χ4v) is 2.28. The molecule has 1 fully saturated rings. The van der Waals surface area contributed by atoms with E-state index in [4.69, 9.17) is 4.98 Å². The highest BCUT2D eigenvalue weighted by molar-refractivity contribution is 5.46. The van der Waals surface area contributed by atoms with Crippen LogP contribution in [0.2, 0.25) is 0 Å². The van der Waals surface area contributed by atoms with Gasteiger partial charge in [-0.3, -0.25) is 0 Å². The van der Waals surface area contributed by atoms with Crippen molar-refractivity contribution in [3.8, 4) is 0 Å². The zero-order chi connectivity index (χ0) is 14.5.